The molecule has 1 fully saturated rings. The third-order valence-corrected chi connectivity index (χ3v) is 6.22. The van der Waals surface area contributed by atoms with Crippen molar-refractivity contribution in [1.82, 2.24) is 4.90 Å². The number of carbonyl (C=O) groups is 2. The number of benzene rings is 3. The highest BCUT2D eigenvalue weighted by atomic mass is 16.5. The van der Waals surface area contributed by atoms with E-state index in [0.717, 1.165) is 17.7 Å². The van der Waals surface area contributed by atoms with Gasteiger partial charge in [0.05, 0.1) is 31.4 Å². The summed E-state index contributed by atoms with van der Waals surface area (Å²) in [6.07, 6.45) is 0.918. The van der Waals surface area contributed by atoms with Gasteiger partial charge in [-0.1, -0.05) is 31.2 Å². The van der Waals surface area contributed by atoms with E-state index < -0.39 is 17.7 Å². The van der Waals surface area contributed by atoms with Gasteiger partial charge >= 0.3 is 0 Å². The molecule has 1 heterocycles. The molecule has 0 aromatic heterocycles. The normalized spacial score (nSPS) is 16.7. The molecule has 0 bridgehead atoms. The Bertz CT molecular complexity index is 1290. The number of ketones is 1. The highest BCUT2D eigenvalue weighted by Gasteiger charge is 2.46. The van der Waals surface area contributed by atoms with Crippen molar-refractivity contribution in [2.24, 2.45) is 0 Å². The average molecular weight is 516 g/mol. The molecular weight excluding hydrogens is 482 g/mol. The van der Waals surface area contributed by atoms with E-state index in [0.29, 0.717) is 29.2 Å². The zero-order valence-corrected chi connectivity index (χ0v) is 22.1. The van der Waals surface area contributed by atoms with Gasteiger partial charge < -0.3 is 24.2 Å². The van der Waals surface area contributed by atoms with Gasteiger partial charge in [-0.25, -0.2) is 0 Å². The van der Waals surface area contributed by atoms with Gasteiger partial charge in [-0.2, -0.15) is 0 Å². The second-order valence-corrected chi connectivity index (χ2v) is 9.38. The van der Waals surface area contributed by atoms with Gasteiger partial charge in [0.15, 0.2) is 0 Å². The number of aliphatic hydroxyl groups is 1. The Morgan fingerprint density at radius 3 is 2.08 bits per heavy atom. The molecule has 0 spiro atoms. The minimum absolute atomic E-state index is 0.0426. The lowest BCUT2D eigenvalue weighted by atomic mass is 9.95. The first kappa shape index (κ1) is 26.8. The van der Waals surface area contributed by atoms with E-state index in [1.54, 1.807) is 55.6 Å². The van der Waals surface area contributed by atoms with E-state index in [1.165, 1.54) is 4.90 Å². The summed E-state index contributed by atoms with van der Waals surface area (Å²) in [6, 6.07) is 20.7. The summed E-state index contributed by atoms with van der Waals surface area (Å²) in [5.41, 5.74) is 2.00. The summed E-state index contributed by atoms with van der Waals surface area (Å²) < 4.78 is 16.6. The van der Waals surface area contributed by atoms with Crippen molar-refractivity contribution in [3.05, 3.63) is 95.1 Å². The molecule has 3 aromatic carbocycles. The van der Waals surface area contributed by atoms with Crippen molar-refractivity contribution in [3.63, 3.8) is 0 Å². The zero-order chi connectivity index (χ0) is 27.2. The van der Waals surface area contributed by atoms with Crippen LogP contribution in [-0.4, -0.2) is 41.5 Å². The molecule has 4 rings (SSSR count). The molecule has 1 saturated heterocycles. The summed E-state index contributed by atoms with van der Waals surface area (Å²) in [7, 11) is 1.57. The lowest BCUT2D eigenvalue weighted by Crippen LogP contribution is -2.29. The van der Waals surface area contributed by atoms with Crippen LogP contribution >= 0.6 is 0 Å². The van der Waals surface area contributed by atoms with Gasteiger partial charge in [0.2, 0.25) is 0 Å². The summed E-state index contributed by atoms with van der Waals surface area (Å²) in [4.78, 5) is 28.1. The summed E-state index contributed by atoms with van der Waals surface area (Å²) in [6.45, 7) is 6.69. The second-order valence-electron chi connectivity index (χ2n) is 9.38. The fourth-order valence-electron chi connectivity index (χ4n) is 4.40. The molecule has 0 aliphatic carbocycles. The zero-order valence-electron chi connectivity index (χ0n) is 22.1. The number of Topliss-reactive ketones (excluding diaryl/α,β-unsaturated/α-hetero) is 1. The topological polar surface area (TPSA) is 85.3 Å². The molecule has 38 heavy (non-hydrogen) atoms. The number of amides is 1. The van der Waals surface area contributed by atoms with Crippen molar-refractivity contribution in [3.8, 4) is 17.2 Å². The molecule has 1 unspecified atom stereocenters. The predicted molar refractivity (Wildman–Crippen MR) is 145 cm³/mol. The lowest BCUT2D eigenvalue weighted by molar-refractivity contribution is -0.140. The van der Waals surface area contributed by atoms with Crippen LogP contribution in [0.1, 0.15) is 49.9 Å². The molecule has 1 amide bonds. The summed E-state index contributed by atoms with van der Waals surface area (Å²) >= 11 is 0. The van der Waals surface area contributed by atoms with Gasteiger partial charge in [-0.3, -0.25) is 9.59 Å². The summed E-state index contributed by atoms with van der Waals surface area (Å²) in [5, 5.41) is 11.3. The first-order valence-corrected chi connectivity index (χ1v) is 12.7. The number of methoxy groups -OCH3 is 1. The van der Waals surface area contributed by atoms with Crippen LogP contribution in [0.5, 0.6) is 17.2 Å². The number of likely N-dealkylation sites (tertiary alicyclic amines) is 1. The first-order valence-electron chi connectivity index (χ1n) is 12.7. The molecule has 1 aliphatic heterocycles. The SMILES string of the molecule is CCCOc1ccc(/C(O)=C2/C(=O)C(=O)N(Cc3ccc(OC(C)C)cc3)C2c2ccc(OC)cc2)cc1. The van der Waals surface area contributed by atoms with E-state index in [2.05, 4.69) is 0 Å². The number of nitrogens with zero attached hydrogens (tertiary/aromatic N) is 1. The van der Waals surface area contributed by atoms with E-state index in [4.69, 9.17) is 14.2 Å². The Hall–Kier alpha value is -4.26. The number of hydrogen-bond acceptors (Lipinski definition) is 6. The van der Waals surface area contributed by atoms with Crippen molar-refractivity contribution < 1.29 is 28.9 Å². The van der Waals surface area contributed by atoms with Gasteiger partial charge in [0.1, 0.15) is 23.0 Å². The minimum Gasteiger partial charge on any atom is -0.507 e. The maximum atomic E-state index is 13.3. The molecular formula is C31H33NO6. The standard InChI is InChI=1S/C31H33NO6/c1-5-18-37-25-16-10-23(11-17-25)29(33)27-28(22-8-14-24(36-4)15-9-22)32(31(35)30(27)34)19-21-6-12-26(13-7-21)38-20(2)3/h6-17,20,28,33H,5,18-19H2,1-4H3/b29-27-. The number of rotatable bonds is 10. The van der Waals surface area contributed by atoms with Crippen LogP contribution in [0.3, 0.4) is 0 Å². The molecule has 1 N–H and O–H groups in total. The van der Waals surface area contributed by atoms with Crippen LogP contribution in [0, 0.1) is 0 Å². The van der Waals surface area contributed by atoms with Crippen LogP contribution in [0.2, 0.25) is 0 Å². The van der Waals surface area contributed by atoms with Crippen LogP contribution in [0.4, 0.5) is 0 Å². The van der Waals surface area contributed by atoms with E-state index in [9.17, 15) is 14.7 Å². The third-order valence-electron chi connectivity index (χ3n) is 6.22. The first-order chi connectivity index (χ1) is 18.3. The Balaban J connectivity index is 1.73. The van der Waals surface area contributed by atoms with Gasteiger partial charge in [0, 0.05) is 12.1 Å². The number of carbonyl (C=O) groups excluding carboxylic acids is 2. The highest BCUT2D eigenvalue weighted by Crippen LogP contribution is 2.41. The Labute approximate surface area is 223 Å². The van der Waals surface area contributed by atoms with Crippen molar-refractivity contribution in [2.75, 3.05) is 13.7 Å². The smallest absolute Gasteiger partial charge is 0.295 e. The van der Waals surface area contributed by atoms with Crippen molar-refractivity contribution >= 4 is 17.4 Å². The van der Waals surface area contributed by atoms with Crippen LogP contribution < -0.4 is 14.2 Å². The number of ether oxygens (including phenoxy) is 3. The van der Waals surface area contributed by atoms with Crippen LogP contribution in [0.15, 0.2) is 78.4 Å². The van der Waals surface area contributed by atoms with E-state index >= 15 is 0 Å². The Kier molecular flexibility index (Phi) is 8.36. The van der Waals surface area contributed by atoms with Gasteiger partial charge in [-0.15, -0.1) is 0 Å². The molecule has 7 nitrogen and oxygen atoms in total. The molecule has 198 valence electrons. The highest BCUT2D eigenvalue weighted by molar-refractivity contribution is 6.46. The van der Waals surface area contributed by atoms with Crippen molar-refractivity contribution in [1.29, 1.82) is 0 Å². The van der Waals surface area contributed by atoms with Gasteiger partial charge in [0.25, 0.3) is 11.7 Å². The fraction of sp³-hybridized carbons (Fsp3) is 0.290. The maximum Gasteiger partial charge on any atom is 0.295 e. The van der Waals surface area contributed by atoms with Crippen molar-refractivity contribution in [2.45, 2.75) is 45.9 Å². The van der Waals surface area contributed by atoms with Crippen LogP contribution in [-0.2, 0) is 16.1 Å². The third kappa shape index (κ3) is 5.83. The Morgan fingerprint density at radius 1 is 0.895 bits per heavy atom. The number of aliphatic hydroxyl groups excluding tert-OH is 1. The number of hydrogen-bond donors (Lipinski definition) is 1. The lowest BCUT2D eigenvalue weighted by Gasteiger charge is -2.25. The van der Waals surface area contributed by atoms with Crippen LogP contribution in [0.25, 0.3) is 5.76 Å². The Morgan fingerprint density at radius 2 is 1.50 bits per heavy atom. The largest absolute Gasteiger partial charge is 0.507 e. The molecule has 1 atom stereocenters. The molecule has 7 heteroatoms. The molecule has 3 aromatic rings. The summed E-state index contributed by atoms with van der Waals surface area (Å²) in [5.74, 6) is 0.417. The van der Waals surface area contributed by atoms with E-state index in [1.807, 2.05) is 45.0 Å². The quantitative estimate of drug-likeness (QED) is 0.206. The maximum absolute atomic E-state index is 13.3. The minimum atomic E-state index is -0.775. The molecule has 0 radical (unpaired) electrons. The fourth-order valence-corrected chi connectivity index (χ4v) is 4.40. The molecule has 0 saturated carbocycles. The molecule has 1 aliphatic rings. The van der Waals surface area contributed by atoms with E-state index in [-0.39, 0.29) is 24.0 Å². The van der Waals surface area contributed by atoms with Gasteiger partial charge in [-0.05, 0) is 79.9 Å². The average Bonchev–Trinajstić information content (AvgIpc) is 3.17. The second kappa shape index (κ2) is 11.9. The predicted octanol–water partition coefficient (Wildman–Crippen LogP) is 5.89. The monoisotopic (exact) mass is 515 g/mol.